The first-order chi connectivity index (χ1) is 8.54. The summed E-state index contributed by atoms with van der Waals surface area (Å²) < 4.78 is 66.9. The third-order valence-corrected chi connectivity index (χ3v) is 5.61. The van der Waals surface area contributed by atoms with Gasteiger partial charge in [0.1, 0.15) is 4.90 Å². The predicted octanol–water partition coefficient (Wildman–Crippen LogP) is 1.28. The van der Waals surface area contributed by atoms with Gasteiger partial charge in [-0.3, -0.25) is 9.11 Å². The fourth-order valence-electron chi connectivity index (χ4n) is 1.27. The van der Waals surface area contributed by atoms with Gasteiger partial charge in [-0.05, 0) is 22.6 Å². The molecule has 1 aromatic carbocycles. The molecule has 19 heavy (non-hydrogen) atoms. The van der Waals surface area contributed by atoms with Crippen molar-refractivity contribution in [1.82, 2.24) is 0 Å². The van der Waals surface area contributed by atoms with Crippen LogP contribution in [0.15, 0.2) is 15.9 Å². The first-order valence-corrected chi connectivity index (χ1v) is 8.20. The maximum atomic E-state index is 11.3. The molecule has 0 radical (unpaired) electrons. The van der Waals surface area contributed by atoms with Gasteiger partial charge in [0.15, 0.2) is 9.87 Å². The highest BCUT2D eigenvalue weighted by atomic mass is 127. The molecule has 0 aliphatic carbocycles. The highest BCUT2D eigenvalue weighted by molar-refractivity contribution is 14.1. The van der Waals surface area contributed by atoms with Crippen LogP contribution in [-0.4, -0.2) is 33.1 Å². The molecule has 0 aliphatic rings. The molecular formula is C7H6IN2O7S2+. The van der Waals surface area contributed by atoms with Crippen molar-refractivity contribution in [3.63, 3.8) is 0 Å². The van der Waals surface area contributed by atoms with E-state index in [2.05, 4.69) is 9.71 Å². The molecule has 9 nitrogen and oxygen atoms in total. The number of rotatable bonds is 3. The third kappa shape index (κ3) is 3.12. The Hall–Kier alpha value is -1.01. The first kappa shape index (κ1) is 16.0. The molecule has 0 saturated heterocycles. The van der Waals surface area contributed by atoms with Crippen molar-refractivity contribution in [3.05, 3.63) is 14.6 Å². The molecule has 12 heteroatoms. The van der Waals surface area contributed by atoms with Gasteiger partial charge < -0.3 is 4.74 Å². The fourth-order valence-corrected chi connectivity index (χ4v) is 4.75. The molecule has 0 amide bonds. The largest absolute Gasteiger partial charge is 0.488 e. The molecule has 2 N–H and O–H groups in total. The van der Waals surface area contributed by atoms with Crippen LogP contribution in [0.3, 0.4) is 0 Å². The molecule has 0 atom stereocenters. The van der Waals surface area contributed by atoms with Crippen molar-refractivity contribution in [2.75, 3.05) is 7.11 Å². The predicted molar refractivity (Wildman–Crippen MR) is 70.1 cm³/mol. The van der Waals surface area contributed by atoms with Crippen molar-refractivity contribution in [3.8, 4) is 5.75 Å². The first-order valence-electron chi connectivity index (χ1n) is 4.24. The second kappa shape index (κ2) is 5.17. The van der Waals surface area contributed by atoms with Crippen molar-refractivity contribution in [1.29, 1.82) is 5.39 Å². The van der Waals surface area contributed by atoms with Crippen LogP contribution in [0.1, 0.15) is 0 Å². The summed E-state index contributed by atoms with van der Waals surface area (Å²) in [6.45, 7) is 0. The van der Waals surface area contributed by atoms with Crippen molar-refractivity contribution >= 4 is 48.5 Å². The molecule has 0 fully saturated rings. The smallest absolute Gasteiger partial charge is 0.429 e. The van der Waals surface area contributed by atoms with Crippen molar-refractivity contribution in [2.45, 2.75) is 9.79 Å². The van der Waals surface area contributed by atoms with Gasteiger partial charge in [0.2, 0.25) is 11.1 Å². The second-order valence-corrected chi connectivity index (χ2v) is 6.95. The Morgan fingerprint density at radius 1 is 1.26 bits per heavy atom. The quantitative estimate of drug-likeness (QED) is 0.422. The molecule has 0 spiro atoms. The lowest BCUT2D eigenvalue weighted by molar-refractivity contribution is 0.398. The van der Waals surface area contributed by atoms with Gasteiger partial charge in [0, 0.05) is 0 Å². The Kier molecular flexibility index (Phi) is 4.37. The molecule has 0 saturated carbocycles. The van der Waals surface area contributed by atoms with Crippen LogP contribution in [-0.2, 0) is 20.2 Å². The molecule has 0 heterocycles. The number of methoxy groups -OCH3 is 1. The van der Waals surface area contributed by atoms with Gasteiger partial charge in [0.25, 0.3) is 20.2 Å². The average molecular weight is 421 g/mol. The highest BCUT2D eigenvalue weighted by Crippen LogP contribution is 2.41. The summed E-state index contributed by atoms with van der Waals surface area (Å²) >= 11 is 1.29. The van der Waals surface area contributed by atoms with Crippen LogP contribution in [0.5, 0.6) is 5.75 Å². The Balaban J connectivity index is 4.06. The number of benzene rings is 1. The molecular weight excluding hydrogens is 415 g/mol. The van der Waals surface area contributed by atoms with E-state index in [9.17, 15) is 16.8 Å². The van der Waals surface area contributed by atoms with E-state index >= 15 is 0 Å². The molecule has 1 aromatic rings. The molecule has 104 valence electrons. The van der Waals surface area contributed by atoms with Gasteiger partial charge in [0.05, 0.1) is 16.7 Å². The molecule has 0 unspecified atom stereocenters. The molecule has 0 aliphatic heterocycles. The molecule has 1 rings (SSSR count). The minimum Gasteiger partial charge on any atom is -0.488 e. The lowest BCUT2D eigenvalue weighted by Crippen LogP contribution is -2.09. The van der Waals surface area contributed by atoms with E-state index in [1.807, 2.05) is 0 Å². The van der Waals surface area contributed by atoms with E-state index in [4.69, 9.17) is 14.5 Å². The highest BCUT2D eigenvalue weighted by Gasteiger charge is 2.35. The van der Waals surface area contributed by atoms with Gasteiger partial charge in [-0.1, -0.05) is 0 Å². The van der Waals surface area contributed by atoms with E-state index < -0.39 is 45.0 Å². The fraction of sp³-hybridized carbons (Fsp3) is 0.143. The molecule has 0 bridgehead atoms. The van der Waals surface area contributed by atoms with E-state index in [0.717, 1.165) is 7.11 Å². The summed E-state index contributed by atoms with van der Waals surface area (Å²) in [7, 11) is -8.62. The van der Waals surface area contributed by atoms with Gasteiger partial charge >= 0.3 is 5.69 Å². The van der Waals surface area contributed by atoms with E-state index in [1.54, 1.807) is 0 Å². The summed E-state index contributed by atoms with van der Waals surface area (Å²) in [5.74, 6) is -0.554. The van der Waals surface area contributed by atoms with Crippen LogP contribution in [0, 0.1) is 8.96 Å². The number of ether oxygens (including phenoxy) is 1. The third-order valence-electron chi connectivity index (χ3n) is 1.97. The zero-order valence-electron chi connectivity index (χ0n) is 9.10. The monoisotopic (exact) mass is 421 g/mol. The van der Waals surface area contributed by atoms with Gasteiger partial charge in [-0.15, -0.1) is 0 Å². The van der Waals surface area contributed by atoms with Crippen molar-refractivity contribution < 1.29 is 30.7 Å². The molecule has 0 aromatic heterocycles. The number of halogens is 1. The van der Waals surface area contributed by atoms with E-state index in [-0.39, 0.29) is 0 Å². The van der Waals surface area contributed by atoms with Crippen molar-refractivity contribution in [2.24, 2.45) is 0 Å². The normalized spacial score (nSPS) is 11.9. The number of hydrogen-bond donors (Lipinski definition) is 2. The van der Waals surface area contributed by atoms with Gasteiger partial charge in [-0.25, -0.2) is 0 Å². The lowest BCUT2D eigenvalue weighted by Gasteiger charge is -2.08. The Bertz CT molecular complexity index is 779. The topological polar surface area (TPSA) is 146 Å². The maximum Gasteiger partial charge on any atom is 0.429 e. The lowest BCUT2D eigenvalue weighted by atomic mass is 10.3. The van der Waals surface area contributed by atoms with E-state index in [0.29, 0.717) is 6.07 Å². The Morgan fingerprint density at radius 3 is 2.11 bits per heavy atom. The van der Waals surface area contributed by atoms with Crippen LogP contribution < -0.4 is 4.74 Å². The standard InChI is InChI=1S/C7H5IN2O7S2/c1-17-6-3(10-9)2-4(18(11,12)13)5(8)7(6)19(14,15)16/h2H,1H3,(H-,11,12,13,14,15,16)/p+1. The minimum absolute atomic E-state index is 0.494. The summed E-state index contributed by atoms with van der Waals surface area (Å²) in [5, 5.41) is 8.71. The van der Waals surface area contributed by atoms with E-state index in [1.165, 1.54) is 22.6 Å². The number of diazo groups is 1. The Labute approximate surface area is 121 Å². The number of nitrogens with zero attached hydrogens (tertiary/aromatic N) is 2. The second-order valence-electron chi connectivity index (χ2n) is 3.12. The summed E-state index contributed by atoms with van der Waals surface area (Å²) in [6.07, 6.45) is 0. The SMILES string of the molecule is COc1c([N+]#N)cc(S(=O)(=O)O)c(I)c1S(=O)(=O)O. The summed E-state index contributed by atoms with van der Waals surface area (Å²) in [5.41, 5.74) is -0.580. The van der Waals surface area contributed by atoms with Crippen LogP contribution in [0.2, 0.25) is 0 Å². The Morgan fingerprint density at radius 2 is 1.79 bits per heavy atom. The maximum absolute atomic E-state index is 11.3. The zero-order valence-corrected chi connectivity index (χ0v) is 12.9. The number of hydrogen-bond acceptors (Lipinski definition) is 6. The van der Waals surface area contributed by atoms with Gasteiger partial charge in [-0.2, -0.15) is 16.8 Å². The average Bonchev–Trinajstić information content (AvgIpc) is 2.24. The summed E-state index contributed by atoms with van der Waals surface area (Å²) in [4.78, 5) is 0.895. The van der Waals surface area contributed by atoms with Crippen LogP contribution >= 0.6 is 22.6 Å². The zero-order chi connectivity index (χ0) is 15.0. The summed E-state index contributed by atoms with van der Waals surface area (Å²) in [6, 6.07) is 0.699. The van der Waals surface area contributed by atoms with Crippen LogP contribution in [0.25, 0.3) is 4.98 Å². The van der Waals surface area contributed by atoms with Crippen LogP contribution in [0.4, 0.5) is 5.69 Å². The minimum atomic E-state index is -4.87.